The molecule has 2 aliphatic carbocycles. The van der Waals surface area contributed by atoms with E-state index in [0.717, 1.165) is 0 Å². The van der Waals surface area contributed by atoms with Crippen molar-refractivity contribution >= 4 is 16.1 Å². The van der Waals surface area contributed by atoms with Crippen molar-refractivity contribution in [3.05, 3.63) is 77.3 Å². The molecule has 0 aliphatic heterocycles. The molecular formula is C18H32Si2Zr. The third-order valence-corrected chi connectivity index (χ3v) is 1.11. The molecule has 0 amide bonds. The van der Waals surface area contributed by atoms with E-state index in [1.165, 1.54) is 0 Å². The summed E-state index contributed by atoms with van der Waals surface area (Å²) in [4.78, 5) is 0. The van der Waals surface area contributed by atoms with E-state index in [9.17, 15) is 0 Å². The fourth-order valence-corrected chi connectivity index (χ4v) is 0.642. The van der Waals surface area contributed by atoms with Gasteiger partial charge >= 0.3 is 26.2 Å². The van der Waals surface area contributed by atoms with Crippen molar-refractivity contribution in [2.45, 2.75) is 39.3 Å². The number of hydrogen-bond acceptors (Lipinski definition) is 0. The summed E-state index contributed by atoms with van der Waals surface area (Å²) in [5, 5.41) is 0. The van der Waals surface area contributed by atoms with Gasteiger partial charge in [-0.15, -0.1) is 16.1 Å². The minimum Gasteiger partial charge on any atom is -0.342 e. The van der Waals surface area contributed by atoms with Gasteiger partial charge in [-0.3, -0.25) is 0 Å². The Morgan fingerprint density at radius 1 is 0.429 bits per heavy atom. The Morgan fingerprint density at radius 3 is 0.524 bits per heavy atom. The van der Waals surface area contributed by atoms with E-state index in [-0.39, 0.29) is 26.2 Å². The molecule has 2 aliphatic rings. The molecule has 0 spiro atoms. The summed E-state index contributed by atoms with van der Waals surface area (Å²) in [5.41, 5.74) is 0. The van der Waals surface area contributed by atoms with E-state index in [1.54, 1.807) is 0 Å². The summed E-state index contributed by atoms with van der Waals surface area (Å²) in [6, 6.07) is 0. The molecule has 21 heavy (non-hydrogen) atoms. The van der Waals surface area contributed by atoms with Gasteiger partial charge in [0.05, 0.1) is 0 Å². The molecule has 0 saturated heterocycles. The van der Waals surface area contributed by atoms with Crippen molar-refractivity contribution in [1.82, 2.24) is 0 Å². The number of hydrogen-bond donors (Lipinski definition) is 0. The minimum absolute atomic E-state index is 0. The zero-order chi connectivity index (χ0) is 16.1. The molecular weight excluding hydrogens is 364 g/mol. The third kappa shape index (κ3) is 62.1. The van der Waals surface area contributed by atoms with Crippen LogP contribution in [-0.2, 0) is 26.2 Å². The average molecular weight is 396 g/mol. The zero-order valence-electron chi connectivity index (χ0n) is 14.7. The van der Waals surface area contributed by atoms with Crippen LogP contribution in [0, 0.1) is 77.3 Å². The van der Waals surface area contributed by atoms with E-state index in [4.69, 9.17) is 0 Å². The Balaban J connectivity index is -0.000000202. The van der Waals surface area contributed by atoms with Crippen LogP contribution in [0.5, 0.6) is 0 Å². The maximum absolute atomic E-state index is 3.91. The Labute approximate surface area is 158 Å². The first kappa shape index (κ1) is 27.2. The van der Waals surface area contributed by atoms with E-state index in [1.807, 2.05) is 64.2 Å². The van der Waals surface area contributed by atoms with Crippen molar-refractivity contribution in [2.75, 3.05) is 0 Å². The molecule has 0 atom stereocenters. The molecule has 2 fully saturated rings. The molecule has 0 heterocycles. The van der Waals surface area contributed by atoms with Gasteiger partial charge in [-0.1, -0.05) is 39.3 Å². The molecule has 0 nitrogen and oxygen atoms in total. The van der Waals surface area contributed by atoms with E-state index in [0.29, 0.717) is 0 Å². The van der Waals surface area contributed by atoms with E-state index >= 15 is 0 Å². The largest absolute Gasteiger partial charge is 2.00 e. The van der Waals surface area contributed by atoms with Crippen molar-refractivity contribution in [3.8, 4) is 0 Å². The van der Waals surface area contributed by atoms with Crippen LogP contribution < -0.4 is 0 Å². The Kier molecular flexibility index (Phi) is 20.9. The topological polar surface area (TPSA) is 0 Å². The zero-order valence-corrected chi connectivity index (χ0v) is 19.1. The molecule has 0 N–H and O–H groups in total. The van der Waals surface area contributed by atoms with Crippen molar-refractivity contribution in [2.24, 2.45) is 0 Å². The first-order valence-electron chi connectivity index (χ1n) is 7.04. The van der Waals surface area contributed by atoms with Gasteiger partial charge in [0.2, 0.25) is 0 Å². The summed E-state index contributed by atoms with van der Waals surface area (Å²) in [6.07, 6.45) is 20.0. The van der Waals surface area contributed by atoms with Gasteiger partial charge in [-0.25, -0.2) is 0 Å². The predicted molar refractivity (Wildman–Crippen MR) is 100 cm³/mol. The van der Waals surface area contributed by atoms with E-state index < -0.39 is 16.1 Å². The molecule has 0 unspecified atom stereocenters. The Hall–Kier alpha value is 1.32. The summed E-state index contributed by atoms with van der Waals surface area (Å²) < 4.78 is 0. The summed E-state index contributed by atoms with van der Waals surface area (Å²) in [7, 11) is -1.72. The maximum Gasteiger partial charge on any atom is 2.00 e. The average Bonchev–Trinajstić information content (AvgIpc) is 2.92. The van der Waals surface area contributed by atoms with E-state index in [2.05, 4.69) is 52.4 Å². The Bertz CT molecular complexity index is 135. The quantitative estimate of drug-likeness (QED) is 0.378. The molecule has 2 saturated carbocycles. The minimum atomic E-state index is -0.861. The van der Waals surface area contributed by atoms with Crippen LogP contribution in [0.15, 0.2) is 0 Å². The normalized spacial score (nSPS) is 17.1. The second-order valence-corrected chi connectivity index (χ2v) is 17.3. The van der Waals surface area contributed by atoms with Gasteiger partial charge in [-0.05, 0) is 64.2 Å². The number of rotatable bonds is 0. The summed E-state index contributed by atoms with van der Waals surface area (Å²) in [5.74, 6) is 0. The van der Waals surface area contributed by atoms with Crippen LogP contribution in [0.3, 0.4) is 0 Å². The van der Waals surface area contributed by atoms with Crippen LogP contribution in [0.4, 0.5) is 0 Å². The smallest absolute Gasteiger partial charge is 0.342 e. The van der Waals surface area contributed by atoms with Crippen LogP contribution >= 0.6 is 0 Å². The molecule has 0 aromatic rings. The van der Waals surface area contributed by atoms with Gasteiger partial charge in [0.25, 0.3) is 0 Å². The molecule has 0 bridgehead atoms. The van der Waals surface area contributed by atoms with Crippen molar-refractivity contribution < 1.29 is 26.2 Å². The standard InChI is InChI=1S/2C5H5.2C4H11Si.Zr/c2*1-2-4-5-3-1;2*1-5(2,3)4;/h2*1-5H;2*1H2,2-4H3;/q;;2*-1;+2. The SMILES string of the molecule is [CH2-][Si](C)(C)C.[CH2-][Si](C)(C)C.[CH]1[CH][CH][CH][CH]1.[CH]1[CH][CH][CH][CH]1.[Zr+2]. The molecule has 0 aromatic carbocycles. The summed E-state index contributed by atoms with van der Waals surface area (Å²) in [6.45, 7) is 21.1. The second kappa shape index (κ2) is 16.2. The molecule has 0 aromatic heterocycles. The molecule has 10 radical (unpaired) electrons. The first-order valence-corrected chi connectivity index (χ1v) is 14.5. The predicted octanol–water partition coefficient (Wildman–Crippen LogP) is 5.44. The maximum atomic E-state index is 3.91. The first-order chi connectivity index (χ1) is 9.00. The van der Waals surface area contributed by atoms with Gasteiger partial charge in [0, 0.05) is 0 Å². The van der Waals surface area contributed by atoms with Crippen molar-refractivity contribution in [3.63, 3.8) is 0 Å². The monoisotopic (exact) mass is 394 g/mol. The Morgan fingerprint density at radius 2 is 0.476 bits per heavy atom. The summed E-state index contributed by atoms with van der Waals surface area (Å²) >= 11 is 0. The molecule has 2 rings (SSSR count). The third-order valence-electron chi connectivity index (χ3n) is 1.11. The second-order valence-electron chi connectivity index (χ2n) is 7.05. The van der Waals surface area contributed by atoms with Gasteiger partial charge in [-0.2, -0.15) is 0 Å². The molecule has 116 valence electrons. The molecule has 3 heteroatoms. The van der Waals surface area contributed by atoms with Gasteiger partial charge < -0.3 is 13.1 Å². The fraction of sp³-hybridized carbons (Fsp3) is 0.333. The van der Waals surface area contributed by atoms with Gasteiger partial charge in [0.1, 0.15) is 0 Å². The van der Waals surface area contributed by atoms with Crippen LogP contribution in [-0.4, -0.2) is 16.1 Å². The van der Waals surface area contributed by atoms with Crippen LogP contribution in [0.1, 0.15) is 0 Å². The fourth-order valence-electron chi connectivity index (χ4n) is 0.642. The van der Waals surface area contributed by atoms with Crippen LogP contribution in [0.25, 0.3) is 0 Å². The van der Waals surface area contributed by atoms with Gasteiger partial charge in [0.15, 0.2) is 0 Å². The van der Waals surface area contributed by atoms with Crippen LogP contribution in [0.2, 0.25) is 39.3 Å². The van der Waals surface area contributed by atoms with Crippen molar-refractivity contribution in [1.29, 1.82) is 0 Å².